The molecular weight excluding hydrogens is 298 g/mol. The van der Waals surface area contributed by atoms with Crippen molar-refractivity contribution in [3.05, 3.63) is 28.4 Å². The van der Waals surface area contributed by atoms with E-state index in [0.717, 1.165) is 31.2 Å². The highest BCUT2D eigenvalue weighted by molar-refractivity contribution is 7.89. The van der Waals surface area contributed by atoms with E-state index in [4.69, 9.17) is 5.11 Å². The number of hydrogen-bond donors (Lipinski definition) is 2. The highest BCUT2D eigenvalue weighted by Gasteiger charge is 2.19. The second kappa shape index (κ2) is 8.01. The first-order chi connectivity index (χ1) is 9.90. The van der Waals surface area contributed by atoms with Crippen LogP contribution in [0.1, 0.15) is 26.2 Å². The Labute approximate surface area is 123 Å². The molecule has 1 rings (SSSR count). The molecule has 118 valence electrons. The lowest BCUT2D eigenvalue weighted by Crippen LogP contribution is -2.30. The molecule has 1 aromatic heterocycles. The van der Waals surface area contributed by atoms with Gasteiger partial charge in [-0.15, -0.1) is 0 Å². The SMILES string of the molecule is CCCC(CCO)CNS(=O)(=O)c1ccc([N+](=O)[O-])nc1. The number of aliphatic hydroxyl groups is 1. The summed E-state index contributed by atoms with van der Waals surface area (Å²) < 4.78 is 26.5. The molecule has 0 saturated heterocycles. The van der Waals surface area contributed by atoms with Gasteiger partial charge in [-0.25, -0.2) is 13.1 Å². The molecule has 0 aliphatic rings. The van der Waals surface area contributed by atoms with E-state index in [1.807, 2.05) is 6.92 Å². The minimum absolute atomic E-state index is 0.00544. The van der Waals surface area contributed by atoms with E-state index in [1.165, 1.54) is 0 Å². The van der Waals surface area contributed by atoms with Gasteiger partial charge in [0.1, 0.15) is 4.90 Å². The summed E-state index contributed by atoms with van der Waals surface area (Å²) in [5.41, 5.74) is 0. The molecule has 0 bridgehead atoms. The standard InChI is InChI=1S/C12H19N3O5S/c1-2-3-10(6-7-16)8-14-21(19,20)11-4-5-12(13-9-11)15(17)18/h4-5,9-10,14,16H,2-3,6-8H2,1H3. The number of nitro groups is 1. The van der Waals surface area contributed by atoms with Gasteiger partial charge in [-0.2, -0.15) is 0 Å². The molecule has 0 spiro atoms. The largest absolute Gasteiger partial charge is 0.396 e. The lowest BCUT2D eigenvalue weighted by atomic mass is 10.0. The van der Waals surface area contributed by atoms with Gasteiger partial charge in [0.25, 0.3) is 0 Å². The molecule has 0 amide bonds. The summed E-state index contributed by atoms with van der Waals surface area (Å²) in [4.78, 5) is 13.2. The third-order valence-corrected chi connectivity index (χ3v) is 4.42. The maximum Gasteiger partial charge on any atom is 0.363 e. The molecule has 1 atom stereocenters. The van der Waals surface area contributed by atoms with E-state index in [9.17, 15) is 18.5 Å². The first-order valence-corrected chi connectivity index (χ1v) is 8.10. The predicted molar refractivity (Wildman–Crippen MR) is 76.2 cm³/mol. The first kappa shape index (κ1) is 17.5. The Morgan fingerprint density at radius 2 is 2.14 bits per heavy atom. The van der Waals surface area contributed by atoms with Crippen LogP contribution in [0.15, 0.2) is 23.2 Å². The Kier molecular flexibility index (Phi) is 6.66. The maximum absolute atomic E-state index is 12.0. The van der Waals surface area contributed by atoms with Crippen LogP contribution in [-0.4, -0.2) is 36.6 Å². The van der Waals surface area contributed by atoms with Crippen molar-refractivity contribution in [3.63, 3.8) is 0 Å². The molecule has 2 N–H and O–H groups in total. The molecule has 1 heterocycles. The van der Waals surface area contributed by atoms with Gasteiger partial charge in [0, 0.05) is 19.2 Å². The average Bonchev–Trinajstić information content (AvgIpc) is 2.45. The molecule has 0 radical (unpaired) electrons. The number of rotatable bonds is 9. The van der Waals surface area contributed by atoms with E-state index in [0.29, 0.717) is 6.42 Å². The van der Waals surface area contributed by atoms with Gasteiger partial charge in [-0.1, -0.05) is 13.3 Å². The molecule has 1 unspecified atom stereocenters. The Morgan fingerprint density at radius 1 is 1.43 bits per heavy atom. The topological polar surface area (TPSA) is 122 Å². The van der Waals surface area contributed by atoms with Crippen molar-refractivity contribution < 1.29 is 18.4 Å². The number of nitrogens with one attached hydrogen (secondary N) is 1. The number of aromatic nitrogens is 1. The van der Waals surface area contributed by atoms with Gasteiger partial charge >= 0.3 is 5.82 Å². The lowest BCUT2D eigenvalue weighted by Gasteiger charge is -2.15. The highest BCUT2D eigenvalue weighted by Crippen LogP contribution is 2.14. The molecule has 0 aliphatic carbocycles. The molecule has 0 aliphatic heterocycles. The van der Waals surface area contributed by atoms with E-state index in [2.05, 4.69) is 9.71 Å². The molecule has 0 fully saturated rings. The molecule has 1 aromatic rings. The summed E-state index contributed by atoms with van der Waals surface area (Å²) >= 11 is 0. The van der Waals surface area contributed by atoms with Crippen LogP contribution >= 0.6 is 0 Å². The van der Waals surface area contributed by atoms with Gasteiger partial charge in [-0.05, 0) is 34.7 Å². The smallest absolute Gasteiger partial charge is 0.363 e. The molecule has 0 saturated carbocycles. The number of sulfonamides is 1. The van der Waals surface area contributed by atoms with Crippen LogP contribution in [-0.2, 0) is 10.0 Å². The van der Waals surface area contributed by atoms with Crippen LogP contribution in [0, 0.1) is 16.0 Å². The van der Waals surface area contributed by atoms with Gasteiger partial charge in [0.05, 0.1) is 0 Å². The highest BCUT2D eigenvalue weighted by atomic mass is 32.2. The molecular formula is C12H19N3O5S. The van der Waals surface area contributed by atoms with Gasteiger partial charge in [0.15, 0.2) is 6.20 Å². The third-order valence-electron chi connectivity index (χ3n) is 3.01. The van der Waals surface area contributed by atoms with Crippen LogP contribution in [0.3, 0.4) is 0 Å². The zero-order valence-corrected chi connectivity index (χ0v) is 12.5. The van der Waals surface area contributed by atoms with Crippen molar-refractivity contribution in [1.29, 1.82) is 0 Å². The van der Waals surface area contributed by atoms with Crippen molar-refractivity contribution in [2.24, 2.45) is 5.92 Å². The monoisotopic (exact) mass is 317 g/mol. The fourth-order valence-corrected chi connectivity index (χ4v) is 2.95. The minimum Gasteiger partial charge on any atom is -0.396 e. The van der Waals surface area contributed by atoms with Crippen LogP contribution in [0.2, 0.25) is 0 Å². The normalized spacial score (nSPS) is 13.0. The fourth-order valence-electron chi connectivity index (χ4n) is 1.89. The van der Waals surface area contributed by atoms with Crippen LogP contribution in [0.5, 0.6) is 0 Å². The van der Waals surface area contributed by atoms with Gasteiger partial charge < -0.3 is 15.2 Å². The Bertz CT molecular complexity index is 553. The Morgan fingerprint density at radius 3 is 2.62 bits per heavy atom. The van der Waals surface area contributed by atoms with Gasteiger partial charge in [0.2, 0.25) is 10.0 Å². The quantitative estimate of drug-likeness (QED) is 0.519. The Balaban J connectivity index is 2.74. The minimum atomic E-state index is -3.75. The predicted octanol–water partition coefficient (Wildman–Crippen LogP) is 1.07. The second-order valence-electron chi connectivity index (χ2n) is 4.63. The number of hydrogen-bond acceptors (Lipinski definition) is 6. The van der Waals surface area contributed by atoms with Crippen molar-refractivity contribution in [2.45, 2.75) is 31.1 Å². The number of nitrogens with zero attached hydrogens (tertiary/aromatic N) is 2. The van der Waals surface area contributed by atoms with E-state index in [1.54, 1.807) is 0 Å². The zero-order valence-electron chi connectivity index (χ0n) is 11.7. The molecule has 9 heteroatoms. The third kappa shape index (κ3) is 5.37. The van der Waals surface area contributed by atoms with E-state index in [-0.39, 0.29) is 24.0 Å². The summed E-state index contributed by atoms with van der Waals surface area (Å²) in [6.07, 6.45) is 3.18. The van der Waals surface area contributed by atoms with Crippen molar-refractivity contribution in [1.82, 2.24) is 9.71 Å². The molecule has 8 nitrogen and oxygen atoms in total. The second-order valence-corrected chi connectivity index (χ2v) is 6.40. The molecule has 21 heavy (non-hydrogen) atoms. The van der Waals surface area contributed by atoms with E-state index < -0.39 is 20.8 Å². The first-order valence-electron chi connectivity index (χ1n) is 6.61. The summed E-state index contributed by atoms with van der Waals surface area (Å²) in [7, 11) is -3.75. The summed E-state index contributed by atoms with van der Waals surface area (Å²) in [5, 5.41) is 19.4. The van der Waals surface area contributed by atoms with Crippen molar-refractivity contribution in [3.8, 4) is 0 Å². The van der Waals surface area contributed by atoms with Crippen LogP contribution < -0.4 is 4.72 Å². The molecule has 0 aromatic carbocycles. The van der Waals surface area contributed by atoms with Crippen LogP contribution in [0.25, 0.3) is 0 Å². The summed E-state index contributed by atoms with van der Waals surface area (Å²) in [6, 6.07) is 2.19. The van der Waals surface area contributed by atoms with Crippen LogP contribution in [0.4, 0.5) is 5.82 Å². The number of aliphatic hydroxyl groups excluding tert-OH is 1. The Hall–Kier alpha value is -1.58. The van der Waals surface area contributed by atoms with Crippen molar-refractivity contribution >= 4 is 15.8 Å². The fraction of sp³-hybridized carbons (Fsp3) is 0.583. The zero-order chi connectivity index (χ0) is 15.9. The lowest BCUT2D eigenvalue weighted by molar-refractivity contribution is -0.389. The summed E-state index contributed by atoms with van der Waals surface area (Å²) in [5.74, 6) is -0.348. The average molecular weight is 317 g/mol. The van der Waals surface area contributed by atoms with Crippen molar-refractivity contribution in [2.75, 3.05) is 13.2 Å². The van der Waals surface area contributed by atoms with E-state index >= 15 is 0 Å². The summed E-state index contributed by atoms with van der Waals surface area (Å²) in [6.45, 7) is 2.21. The maximum atomic E-state index is 12.0. The number of pyridine rings is 1. The van der Waals surface area contributed by atoms with Gasteiger partial charge in [-0.3, -0.25) is 0 Å².